The predicted molar refractivity (Wildman–Crippen MR) is 124 cm³/mol. The second-order valence-electron chi connectivity index (χ2n) is 11.0. The zero-order valence-corrected chi connectivity index (χ0v) is 19.8. The van der Waals surface area contributed by atoms with Crippen molar-refractivity contribution in [2.45, 2.75) is 64.8 Å². The number of hydrogen-bond acceptors (Lipinski definition) is 3. The van der Waals surface area contributed by atoms with E-state index in [1.165, 1.54) is 18.5 Å². The highest BCUT2D eigenvalue weighted by atomic mass is 16.5. The third-order valence-corrected chi connectivity index (χ3v) is 9.65. The van der Waals surface area contributed by atoms with Crippen LogP contribution in [0.1, 0.15) is 69.2 Å². The number of methoxy groups -OCH3 is 1. The van der Waals surface area contributed by atoms with Gasteiger partial charge in [-0.25, -0.2) is 0 Å². The molecule has 5 rings (SSSR count). The first-order valence-electron chi connectivity index (χ1n) is 12.2. The first-order chi connectivity index (χ1) is 15.3. The summed E-state index contributed by atoms with van der Waals surface area (Å²) in [5.41, 5.74) is 2.17. The number of nitrogens with zero attached hydrogens (tertiary/aromatic N) is 1. The minimum Gasteiger partial charge on any atom is -0.497 e. The Morgan fingerprint density at radius 2 is 1.97 bits per heavy atom. The van der Waals surface area contributed by atoms with Gasteiger partial charge < -0.3 is 15.0 Å². The van der Waals surface area contributed by atoms with E-state index in [1.807, 2.05) is 36.2 Å². The maximum absolute atomic E-state index is 13.1. The van der Waals surface area contributed by atoms with Crippen molar-refractivity contribution in [2.24, 2.45) is 28.6 Å². The molecule has 0 spiro atoms. The van der Waals surface area contributed by atoms with Crippen molar-refractivity contribution in [2.75, 3.05) is 14.2 Å². The zero-order chi connectivity index (χ0) is 22.7. The van der Waals surface area contributed by atoms with E-state index in [4.69, 9.17) is 4.74 Å². The molecule has 4 aliphatic rings. The molecule has 0 bridgehead atoms. The molecule has 3 fully saturated rings. The number of carbonyl (C=O) groups is 2. The highest BCUT2D eigenvalue weighted by Gasteiger charge is 2.59. The summed E-state index contributed by atoms with van der Waals surface area (Å²) in [6.45, 7) is 4.81. The van der Waals surface area contributed by atoms with Gasteiger partial charge in [-0.15, -0.1) is 0 Å². The van der Waals surface area contributed by atoms with Crippen LogP contribution in [0.25, 0.3) is 0 Å². The van der Waals surface area contributed by atoms with Crippen molar-refractivity contribution >= 4 is 11.8 Å². The molecule has 32 heavy (non-hydrogen) atoms. The number of benzene rings is 1. The van der Waals surface area contributed by atoms with Gasteiger partial charge in [0.25, 0.3) is 5.91 Å². The van der Waals surface area contributed by atoms with Crippen LogP contribution in [0, 0.1) is 28.6 Å². The van der Waals surface area contributed by atoms with Crippen LogP contribution in [-0.2, 0) is 4.79 Å². The maximum atomic E-state index is 13.1. The Morgan fingerprint density at radius 3 is 2.75 bits per heavy atom. The molecule has 1 unspecified atom stereocenters. The molecule has 172 valence electrons. The number of likely N-dealkylation sites (tertiary alicyclic amines) is 1. The van der Waals surface area contributed by atoms with Gasteiger partial charge in [0.2, 0.25) is 5.91 Å². The largest absolute Gasteiger partial charge is 0.497 e. The van der Waals surface area contributed by atoms with E-state index in [0.717, 1.165) is 25.7 Å². The van der Waals surface area contributed by atoms with E-state index in [-0.39, 0.29) is 28.7 Å². The fraction of sp³-hybridized carbons (Fsp3) is 0.630. The summed E-state index contributed by atoms with van der Waals surface area (Å²) in [5.74, 6) is 2.86. The molecule has 6 atom stereocenters. The Hall–Kier alpha value is -2.30. The van der Waals surface area contributed by atoms with Crippen LogP contribution in [0.2, 0.25) is 0 Å². The second-order valence-corrected chi connectivity index (χ2v) is 11.0. The minimum absolute atomic E-state index is 0.00287. The normalized spacial score (nSPS) is 38.3. The summed E-state index contributed by atoms with van der Waals surface area (Å²) in [6.07, 6.45) is 9.61. The van der Waals surface area contributed by atoms with Crippen LogP contribution in [-0.4, -0.2) is 36.9 Å². The summed E-state index contributed by atoms with van der Waals surface area (Å²) >= 11 is 0. The van der Waals surface area contributed by atoms with Crippen LogP contribution < -0.4 is 10.1 Å². The van der Waals surface area contributed by atoms with Gasteiger partial charge in [-0.05, 0) is 79.9 Å². The van der Waals surface area contributed by atoms with Gasteiger partial charge in [-0.3, -0.25) is 9.59 Å². The van der Waals surface area contributed by atoms with Crippen molar-refractivity contribution in [3.8, 4) is 5.75 Å². The van der Waals surface area contributed by atoms with Gasteiger partial charge in [0.1, 0.15) is 5.75 Å². The summed E-state index contributed by atoms with van der Waals surface area (Å²) in [7, 11) is 3.58. The van der Waals surface area contributed by atoms with E-state index in [9.17, 15) is 9.59 Å². The lowest BCUT2D eigenvalue weighted by Gasteiger charge is -2.58. The average Bonchev–Trinajstić information content (AvgIpc) is 3.12. The van der Waals surface area contributed by atoms with Crippen LogP contribution in [0.5, 0.6) is 5.75 Å². The van der Waals surface area contributed by atoms with Gasteiger partial charge in [-0.1, -0.05) is 26.0 Å². The number of amides is 2. The molecule has 2 saturated carbocycles. The molecular weight excluding hydrogens is 400 g/mol. The van der Waals surface area contributed by atoms with Gasteiger partial charge in [0.15, 0.2) is 0 Å². The quantitative estimate of drug-likeness (QED) is 0.742. The van der Waals surface area contributed by atoms with E-state index >= 15 is 0 Å². The standard InChI is InChI=1S/C27H36N2O3/c1-26-14-12-21-19(8-11-23-27(21,2)15-13-24(30)29(23)3)20(26)9-10-22(26)28-25(31)17-6-5-7-18(16-17)32-4/h5-7,11,16,19-22H,8-10,12-15H2,1-4H3,(H,28,31)/t19-,20-,21+,22?,26-,27+/m0/s1. The third-order valence-electron chi connectivity index (χ3n) is 9.65. The van der Waals surface area contributed by atoms with E-state index in [1.54, 1.807) is 7.11 Å². The Balaban J connectivity index is 1.36. The van der Waals surface area contributed by atoms with Gasteiger partial charge in [-0.2, -0.15) is 0 Å². The highest BCUT2D eigenvalue weighted by Crippen LogP contribution is 2.64. The molecule has 1 N–H and O–H groups in total. The van der Waals surface area contributed by atoms with Crippen molar-refractivity contribution in [3.05, 3.63) is 41.6 Å². The Kier molecular flexibility index (Phi) is 5.14. The molecule has 1 aromatic carbocycles. The van der Waals surface area contributed by atoms with Gasteiger partial charge in [0.05, 0.1) is 7.11 Å². The Labute approximate surface area is 191 Å². The van der Waals surface area contributed by atoms with Gasteiger partial charge in [0, 0.05) is 36.2 Å². The fourth-order valence-corrected chi connectivity index (χ4v) is 7.82. The molecule has 5 nitrogen and oxygen atoms in total. The van der Waals surface area contributed by atoms with Crippen molar-refractivity contribution in [3.63, 3.8) is 0 Å². The van der Waals surface area contributed by atoms with Crippen LogP contribution in [0.3, 0.4) is 0 Å². The number of hydrogen-bond donors (Lipinski definition) is 1. The molecule has 5 heteroatoms. The Bertz CT molecular complexity index is 971. The first kappa shape index (κ1) is 21.5. The number of fused-ring (bicyclic) bond motifs is 5. The monoisotopic (exact) mass is 436 g/mol. The lowest BCUT2D eigenvalue weighted by Crippen LogP contribution is -2.55. The van der Waals surface area contributed by atoms with E-state index in [2.05, 4.69) is 25.2 Å². The van der Waals surface area contributed by atoms with E-state index < -0.39 is 0 Å². The first-order valence-corrected chi connectivity index (χ1v) is 12.2. The average molecular weight is 437 g/mol. The molecule has 1 aliphatic heterocycles. The molecule has 1 aromatic rings. The van der Waals surface area contributed by atoms with Crippen molar-refractivity contribution in [1.82, 2.24) is 10.2 Å². The van der Waals surface area contributed by atoms with Crippen LogP contribution in [0.15, 0.2) is 36.0 Å². The third kappa shape index (κ3) is 3.11. The SMILES string of the molecule is COc1cccc(C(=O)NC2CC[C@H]3[C@@H]4CC=C5N(C)C(=O)CC[C@]5(C)[C@@H]4CC[C@]23C)c1. The van der Waals surface area contributed by atoms with E-state index in [0.29, 0.717) is 35.5 Å². The smallest absolute Gasteiger partial charge is 0.251 e. The summed E-state index contributed by atoms with van der Waals surface area (Å²) in [6, 6.07) is 7.62. The highest BCUT2D eigenvalue weighted by molar-refractivity contribution is 5.94. The number of nitrogens with one attached hydrogen (secondary N) is 1. The molecule has 1 heterocycles. The van der Waals surface area contributed by atoms with Crippen LogP contribution >= 0.6 is 0 Å². The minimum atomic E-state index is 0.00287. The number of carbonyl (C=O) groups excluding carboxylic acids is 2. The molecule has 0 radical (unpaired) electrons. The number of ether oxygens (including phenoxy) is 1. The van der Waals surface area contributed by atoms with Crippen molar-refractivity contribution < 1.29 is 14.3 Å². The summed E-state index contributed by atoms with van der Waals surface area (Å²) < 4.78 is 5.30. The Morgan fingerprint density at radius 1 is 1.16 bits per heavy atom. The topological polar surface area (TPSA) is 58.6 Å². The molecular formula is C27H36N2O3. The number of piperidine rings is 1. The maximum Gasteiger partial charge on any atom is 0.251 e. The second kappa shape index (κ2) is 7.64. The fourth-order valence-electron chi connectivity index (χ4n) is 7.82. The van der Waals surface area contributed by atoms with Crippen LogP contribution in [0.4, 0.5) is 0 Å². The lowest BCUT2D eigenvalue weighted by molar-refractivity contribution is -0.135. The lowest BCUT2D eigenvalue weighted by atomic mass is 9.49. The molecule has 3 aliphatic carbocycles. The van der Waals surface area contributed by atoms with Gasteiger partial charge >= 0.3 is 0 Å². The zero-order valence-electron chi connectivity index (χ0n) is 19.8. The number of allylic oxidation sites excluding steroid dienone is 2. The summed E-state index contributed by atoms with van der Waals surface area (Å²) in [5, 5.41) is 3.40. The molecule has 1 saturated heterocycles. The molecule has 2 amide bonds. The molecule has 0 aromatic heterocycles. The predicted octanol–water partition coefficient (Wildman–Crippen LogP) is 4.78. The van der Waals surface area contributed by atoms with Crippen molar-refractivity contribution in [1.29, 1.82) is 0 Å². The summed E-state index contributed by atoms with van der Waals surface area (Å²) in [4.78, 5) is 27.3. The number of rotatable bonds is 3.